The van der Waals surface area contributed by atoms with E-state index < -0.39 is 6.10 Å². The molecule has 1 N–H and O–H groups in total. The van der Waals surface area contributed by atoms with Gasteiger partial charge in [0.2, 0.25) is 0 Å². The molecule has 90 valence electrons. The Hall–Kier alpha value is -0.890. The van der Waals surface area contributed by atoms with Gasteiger partial charge in [-0.1, -0.05) is 51.3 Å². The van der Waals surface area contributed by atoms with Crippen LogP contribution in [-0.2, 0) is 4.79 Å². The first kappa shape index (κ1) is 13.2. The van der Waals surface area contributed by atoms with E-state index in [9.17, 15) is 9.90 Å². The molecule has 0 bridgehead atoms. The third-order valence-corrected chi connectivity index (χ3v) is 3.10. The monoisotopic (exact) mass is 222 g/mol. The predicted octanol–water partition coefficient (Wildman–Crippen LogP) is 2.88. The molecule has 0 aromatic heterocycles. The van der Waals surface area contributed by atoms with Gasteiger partial charge < -0.3 is 5.11 Å². The normalized spacial score (nSPS) is 26.8. The average Bonchev–Trinajstić information content (AvgIpc) is 2.57. The van der Waals surface area contributed by atoms with E-state index >= 15 is 0 Å². The minimum absolute atomic E-state index is 0.0548. The van der Waals surface area contributed by atoms with Crippen LogP contribution in [0.3, 0.4) is 0 Å². The van der Waals surface area contributed by atoms with Gasteiger partial charge in [-0.2, -0.15) is 0 Å². The van der Waals surface area contributed by atoms with E-state index in [4.69, 9.17) is 0 Å². The highest BCUT2D eigenvalue weighted by molar-refractivity contribution is 5.95. The molecule has 1 aliphatic carbocycles. The molecule has 2 heteroatoms. The molecule has 1 rings (SSSR count). The fourth-order valence-electron chi connectivity index (χ4n) is 1.95. The van der Waals surface area contributed by atoms with Crippen LogP contribution in [0, 0.1) is 11.8 Å². The number of carbonyl (C=O) groups excluding carboxylic acids is 1. The largest absolute Gasteiger partial charge is 0.389 e. The molecule has 16 heavy (non-hydrogen) atoms. The van der Waals surface area contributed by atoms with Gasteiger partial charge in [-0.05, 0) is 18.4 Å². The Morgan fingerprint density at radius 1 is 1.50 bits per heavy atom. The Morgan fingerprint density at radius 3 is 2.81 bits per heavy atom. The fraction of sp³-hybridized carbons (Fsp3) is 0.643. The van der Waals surface area contributed by atoms with Gasteiger partial charge in [0.05, 0.1) is 6.10 Å². The van der Waals surface area contributed by atoms with Crippen LogP contribution in [0.4, 0.5) is 0 Å². The van der Waals surface area contributed by atoms with E-state index in [1.807, 2.05) is 19.1 Å². The summed E-state index contributed by atoms with van der Waals surface area (Å²) in [6, 6.07) is 0. The van der Waals surface area contributed by atoms with Gasteiger partial charge in [0.25, 0.3) is 0 Å². The summed E-state index contributed by atoms with van der Waals surface area (Å²) in [6.45, 7) is 4.17. The molecule has 1 aliphatic rings. The van der Waals surface area contributed by atoms with Gasteiger partial charge in [-0.15, -0.1) is 0 Å². The molecular weight excluding hydrogens is 200 g/mol. The second-order valence-corrected chi connectivity index (χ2v) is 4.59. The summed E-state index contributed by atoms with van der Waals surface area (Å²) < 4.78 is 0. The lowest BCUT2D eigenvalue weighted by Crippen LogP contribution is -2.12. The zero-order valence-corrected chi connectivity index (χ0v) is 10.2. The number of hydrogen-bond donors (Lipinski definition) is 1. The highest BCUT2D eigenvalue weighted by atomic mass is 16.3. The second kappa shape index (κ2) is 6.64. The van der Waals surface area contributed by atoms with Gasteiger partial charge in [0.15, 0.2) is 5.78 Å². The van der Waals surface area contributed by atoms with Crippen LogP contribution < -0.4 is 0 Å². The van der Waals surface area contributed by atoms with Crippen molar-refractivity contribution in [3.05, 3.63) is 24.3 Å². The number of aliphatic hydroxyl groups excluding tert-OH is 1. The summed E-state index contributed by atoms with van der Waals surface area (Å²) >= 11 is 0. The van der Waals surface area contributed by atoms with Gasteiger partial charge in [0.1, 0.15) is 0 Å². The van der Waals surface area contributed by atoms with Gasteiger partial charge in [-0.3, -0.25) is 4.79 Å². The molecule has 2 nitrogen and oxygen atoms in total. The SMILES string of the molecule is CCCCC[C@H](O)/C=C/[C@H]1C(=O)C=C[C@H]1C. The number of allylic oxidation sites excluding steroid dienone is 3. The second-order valence-electron chi connectivity index (χ2n) is 4.59. The van der Waals surface area contributed by atoms with Crippen LogP contribution in [0.2, 0.25) is 0 Å². The van der Waals surface area contributed by atoms with Crippen molar-refractivity contribution < 1.29 is 9.90 Å². The van der Waals surface area contributed by atoms with Crippen molar-refractivity contribution in [1.82, 2.24) is 0 Å². The molecular formula is C14H22O2. The molecule has 0 fully saturated rings. The average molecular weight is 222 g/mol. The smallest absolute Gasteiger partial charge is 0.162 e. The lowest BCUT2D eigenvalue weighted by atomic mass is 9.95. The lowest BCUT2D eigenvalue weighted by molar-refractivity contribution is -0.116. The molecule has 0 spiro atoms. The predicted molar refractivity (Wildman–Crippen MR) is 66.1 cm³/mol. The molecule has 3 atom stereocenters. The first-order valence-electron chi connectivity index (χ1n) is 6.23. The molecule has 0 unspecified atom stereocenters. The first-order chi connectivity index (χ1) is 7.65. The van der Waals surface area contributed by atoms with Crippen LogP contribution in [-0.4, -0.2) is 17.0 Å². The summed E-state index contributed by atoms with van der Waals surface area (Å²) in [5, 5.41) is 9.69. The molecule has 0 aromatic carbocycles. The molecule has 0 radical (unpaired) electrons. The Labute approximate surface area is 98.1 Å². The molecule has 0 heterocycles. The van der Waals surface area contributed by atoms with E-state index in [0.717, 1.165) is 19.3 Å². The summed E-state index contributed by atoms with van der Waals surface area (Å²) in [5.41, 5.74) is 0. The molecule has 0 aromatic rings. The van der Waals surface area contributed by atoms with E-state index in [2.05, 4.69) is 6.92 Å². The highest BCUT2D eigenvalue weighted by Gasteiger charge is 2.23. The quantitative estimate of drug-likeness (QED) is 0.554. The topological polar surface area (TPSA) is 37.3 Å². The minimum atomic E-state index is -0.396. The third kappa shape index (κ3) is 3.93. The van der Waals surface area contributed by atoms with Crippen LogP contribution >= 0.6 is 0 Å². The third-order valence-electron chi connectivity index (χ3n) is 3.10. The number of ketones is 1. The zero-order chi connectivity index (χ0) is 12.0. The maximum absolute atomic E-state index is 11.4. The van der Waals surface area contributed by atoms with Crippen molar-refractivity contribution >= 4 is 5.78 Å². The standard InChI is InChI=1S/C14H22O2/c1-3-4-5-6-12(15)8-9-13-11(2)7-10-14(13)16/h7-13,15H,3-6H2,1-2H3/b9-8+/t11-,12+,13-/m1/s1. The number of hydrogen-bond acceptors (Lipinski definition) is 2. The summed E-state index contributed by atoms with van der Waals surface area (Å²) in [5.74, 6) is 0.372. The van der Waals surface area contributed by atoms with Gasteiger partial charge in [-0.25, -0.2) is 0 Å². The Kier molecular flexibility index (Phi) is 5.47. The maximum Gasteiger partial charge on any atom is 0.162 e. The number of aliphatic hydroxyl groups is 1. The van der Waals surface area contributed by atoms with Crippen LogP contribution in [0.25, 0.3) is 0 Å². The summed E-state index contributed by atoms with van der Waals surface area (Å²) in [6.07, 6.45) is 11.0. The van der Waals surface area contributed by atoms with Crippen molar-refractivity contribution in [2.45, 2.75) is 45.6 Å². The Bertz CT molecular complexity index is 278. The summed E-state index contributed by atoms with van der Waals surface area (Å²) in [4.78, 5) is 11.4. The van der Waals surface area contributed by atoms with Crippen LogP contribution in [0.1, 0.15) is 39.5 Å². The molecule has 0 aliphatic heterocycles. The van der Waals surface area contributed by atoms with E-state index in [-0.39, 0.29) is 17.6 Å². The van der Waals surface area contributed by atoms with Crippen LogP contribution in [0.15, 0.2) is 24.3 Å². The fourth-order valence-corrected chi connectivity index (χ4v) is 1.95. The van der Waals surface area contributed by atoms with E-state index in [1.165, 1.54) is 6.42 Å². The number of rotatable bonds is 6. The van der Waals surface area contributed by atoms with Crippen LogP contribution in [0.5, 0.6) is 0 Å². The zero-order valence-electron chi connectivity index (χ0n) is 10.2. The van der Waals surface area contributed by atoms with Crippen molar-refractivity contribution in [1.29, 1.82) is 0 Å². The van der Waals surface area contributed by atoms with Crippen molar-refractivity contribution in [2.75, 3.05) is 0 Å². The van der Waals surface area contributed by atoms with Gasteiger partial charge in [0, 0.05) is 5.92 Å². The van der Waals surface area contributed by atoms with Gasteiger partial charge >= 0.3 is 0 Å². The first-order valence-corrected chi connectivity index (χ1v) is 6.23. The van der Waals surface area contributed by atoms with Crippen molar-refractivity contribution in [2.24, 2.45) is 11.8 Å². The van der Waals surface area contributed by atoms with E-state index in [1.54, 1.807) is 12.2 Å². The molecule has 0 saturated heterocycles. The van der Waals surface area contributed by atoms with Crippen molar-refractivity contribution in [3.8, 4) is 0 Å². The van der Waals surface area contributed by atoms with E-state index in [0.29, 0.717) is 0 Å². The number of unbranched alkanes of at least 4 members (excludes halogenated alkanes) is 2. The Balaban J connectivity index is 2.32. The number of carbonyl (C=O) groups is 1. The highest BCUT2D eigenvalue weighted by Crippen LogP contribution is 2.23. The van der Waals surface area contributed by atoms with Crippen molar-refractivity contribution in [3.63, 3.8) is 0 Å². The maximum atomic E-state index is 11.4. The molecule has 0 saturated carbocycles. The summed E-state index contributed by atoms with van der Waals surface area (Å²) in [7, 11) is 0. The minimum Gasteiger partial charge on any atom is -0.389 e. The Morgan fingerprint density at radius 2 is 2.25 bits per heavy atom. The molecule has 0 amide bonds. The lowest BCUT2D eigenvalue weighted by Gasteiger charge is -2.10.